The fraction of sp³-hybridized carbons (Fsp3) is 0.273. The Morgan fingerprint density at radius 1 is 1.00 bits per heavy atom. The van der Waals surface area contributed by atoms with Crippen LogP contribution in [0.25, 0.3) is 6.08 Å². The van der Waals surface area contributed by atoms with Gasteiger partial charge >= 0.3 is 24.6 Å². The van der Waals surface area contributed by atoms with E-state index in [4.69, 9.17) is 11.6 Å². The van der Waals surface area contributed by atoms with Crippen molar-refractivity contribution in [1.29, 1.82) is 0 Å². The molecule has 0 fully saturated rings. The predicted octanol–water partition coefficient (Wildman–Crippen LogP) is 8.09. The Morgan fingerprint density at radius 3 is 2.05 bits per heavy atom. The van der Waals surface area contributed by atoms with Gasteiger partial charge in [-0.15, -0.1) is 0 Å². The molecule has 2 rings (SSSR count). The first-order valence-corrected chi connectivity index (χ1v) is 12.2. The molecule has 0 radical (unpaired) electrons. The number of hydrazine groups is 1. The fourth-order valence-electron chi connectivity index (χ4n) is 3.03. The molecule has 2 aromatic carbocycles. The molecule has 1 unspecified atom stereocenters. The topological polar surface area (TPSA) is 61.4 Å². The van der Waals surface area contributed by atoms with Gasteiger partial charge in [-0.05, 0) is 67.3 Å². The van der Waals surface area contributed by atoms with Gasteiger partial charge < -0.3 is 5.32 Å². The molecule has 1 atom stereocenters. The van der Waals surface area contributed by atoms with Gasteiger partial charge in [0.05, 0.1) is 22.1 Å². The molecule has 0 aliphatic rings. The molecule has 0 bridgehead atoms. The Kier molecular flexibility index (Phi) is 10.4. The maximum Gasteiger partial charge on any atom is 0.417 e. The summed E-state index contributed by atoms with van der Waals surface area (Å²) in [4.78, 5) is 24.0. The number of rotatable bonds is 5. The number of halogens is 12. The van der Waals surface area contributed by atoms with E-state index < -0.39 is 54.1 Å². The molecule has 0 aliphatic heterocycles. The molecule has 5 nitrogen and oxygen atoms in total. The van der Waals surface area contributed by atoms with Gasteiger partial charge in [0.25, 0.3) is 5.91 Å². The van der Waals surface area contributed by atoms with E-state index in [-0.39, 0.29) is 30.1 Å². The van der Waals surface area contributed by atoms with Crippen LogP contribution in [0.3, 0.4) is 0 Å². The van der Waals surface area contributed by atoms with Crippen molar-refractivity contribution < 1.29 is 49.1 Å². The van der Waals surface area contributed by atoms with Crippen LogP contribution in [-0.2, 0) is 6.18 Å². The summed E-state index contributed by atoms with van der Waals surface area (Å²) < 4.78 is 119. The van der Waals surface area contributed by atoms with Crippen LogP contribution in [0.15, 0.2) is 45.4 Å². The lowest BCUT2D eigenvalue weighted by Crippen LogP contribution is -2.50. The van der Waals surface area contributed by atoms with Crippen LogP contribution in [0.2, 0.25) is 5.02 Å². The monoisotopic (exact) mass is 717 g/mol. The molecule has 0 saturated heterocycles. The summed E-state index contributed by atoms with van der Waals surface area (Å²) >= 11 is 12.0. The fourth-order valence-corrected chi connectivity index (χ4v) is 4.36. The zero-order valence-electron chi connectivity index (χ0n) is 19.1. The largest absolute Gasteiger partial charge is 0.417 e. The van der Waals surface area contributed by atoms with Crippen LogP contribution in [-0.4, -0.2) is 42.9 Å². The third kappa shape index (κ3) is 9.31. The molecule has 0 aliphatic carbocycles. The first-order chi connectivity index (χ1) is 17.7. The number of nitrogens with zero attached hydrogens (tertiary/aromatic N) is 1. The van der Waals surface area contributed by atoms with E-state index in [0.29, 0.717) is 18.2 Å². The van der Waals surface area contributed by atoms with E-state index >= 15 is 0 Å². The molecule has 2 N–H and O–H groups in total. The van der Waals surface area contributed by atoms with E-state index in [9.17, 15) is 49.1 Å². The van der Waals surface area contributed by atoms with Crippen LogP contribution in [0, 0.1) is 0 Å². The summed E-state index contributed by atoms with van der Waals surface area (Å²) in [6.07, 6.45) is -13.4. The Labute approximate surface area is 236 Å². The van der Waals surface area contributed by atoms with Gasteiger partial charge in [0.15, 0.2) is 0 Å². The number of amides is 3. The van der Waals surface area contributed by atoms with Crippen molar-refractivity contribution in [2.24, 2.45) is 0 Å². The van der Waals surface area contributed by atoms with E-state index in [1.807, 2.05) is 0 Å². The van der Waals surface area contributed by atoms with Crippen LogP contribution in [0.4, 0.5) is 44.3 Å². The first-order valence-electron chi connectivity index (χ1n) is 10.2. The molecule has 39 heavy (non-hydrogen) atoms. The first kappa shape index (κ1) is 32.8. The highest BCUT2D eigenvalue weighted by molar-refractivity contribution is 9.11. The van der Waals surface area contributed by atoms with Crippen LogP contribution < -0.4 is 10.7 Å². The van der Waals surface area contributed by atoms with Crippen molar-refractivity contribution in [2.75, 3.05) is 13.6 Å². The summed E-state index contributed by atoms with van der Waals surface area (Å²) in [5, 5.41) is 1.72. The zero-order chi connectivity index (χ0) is 29.9. The number of nitrogens with one attached hydrogen (secondary N) is 2. The van der Waals surface area contributed by atoms with E-state index in [0.717, 1.165) is 31.3 Å². The average Bonchev–Trinajstić information content (AvgIpc) is 2.78. The van der Waals surface area contributed by atoms with E-state index in [1.165, 1.54) is 5.32 Å². The molecule has 17 heteroatoms. The number of allylic oxidation sites excluding steroid dienone is 1. The van der Waals surface area contributed by atoms with Gasteiger partial charge in [-0.25, -0.2) is 9.80 Å². The van der Waals surface area contributed by atoms with Crippen LogP contribution in [0.5, 0.6) is 0 Å². The number of alkyl halides is 9. The lowest BCUT2D eigenvalue weighted by atomic mass is 9.96. The zero-order valence-corrected chi connectivity index (χ0v) is 23.1. The SMILES string of the molecule is CN(NC(=O)c1ccc(C=CC(c2cc(Br)c(Cl)c(Br)c2)C(F)(F)F)cc1C(F)(F)F)C(=O)NCC(F)(F)F. The Hall–Kier alpha value is -2.46. The maximum atomic E-state index is 13.8. The average molecular weight is 720 g/mol. The summed E-state index contributed by atoms with van der Waals surface area (Å²) in [5.74, 6) is -3.75. The normalized spacial score (nSPS) is 13.4. The number of hydrogen-bond acceptors (Lipinski definition) is 2. The summed E-state index contributed by atoms with van der Waals surface area (Å²) in [6, 6.07) is 2.73. The number of hydrogen-bond donors (Lipinski definition) is 2. The molecule has 0 heterocycles. The minimum absolute atomic E-state index is 0.107. The minimum atomic E-state index is -5.16. The molecule has 2 aromatic rings. The second-order valence-corrected chi connectivity index (χ2v) is 9.84. The standard InChI is InChI=1S/C22H15Br2ClF9N3O2/c1-37(19(39)35-9-20(26,27)28)36-18(38)12-4-2-10(6-14(12)22(32,33)34)3-5-13(21(29,30)31)11-7-15(23)17(25)16(24)8-11/h2-8,13H,9H2,1H3,(H,35,39)(H,36,38). The molecule has 0 aromatic heterocycles. The van der Waals surface area contributed by atoms with Gasteiger partial charge in [0.1, 0.15) is 6.54 Å². The number of carbonyl (C=O) groups excluding carboxylic acids is 2. The highest BCUT2D eigenvalue weighted by Gasteiger charge is 2.40. The second kappa shape index (κ2) is 12.4. The third-order valence-corrected chi connectivity index (χ3v) is 6.92. The van der Waals surface area contributed by atoms with Crippen molar-refractivity contribution in [3.05, 3.63) is 72.6 Å². The molecule has 0 spiro atoms. The molecule has 0 saturated carbocycles. The van der Waals surface area contributed by atoms with E-state index in [1.54, 1.807) is 5.43 Å². The van der Waals surface area contributed by atoms with Crippen molar-refractivity contribution in [2.45, 2.75) is 24.4 Å². The van der Waals surface area contributed by atoms with Crippen LogP contribution in [0.1, 0.15) is 33.0 Å². The Bertz CT molecular complexity index is 1240. The van der Waals surface area contributed by atoms with Gasteiger partial charge in [0, 0.05) is 16.0 Å². The summed E-state index contributed by atoms with van der Waals surface area (Å²) in [7, 11) is 0.790. The summed E-state index contributed by atoms with van der Waals surface area (Å²) in [5.41, 5.74) is -1.53. The highest BCUT2D eigenvalue weighted by atomic mass is 79.9. The Balaban J connectivity index is 2.37. The highest BCUT2D eigenvalue weighted by Crippen LogP contribution is 2.41. The van der Waals surface area contributed by atoms with Gasteiger partial charge in [-0.3, -0.25) is 10.2 Å². The van der Waals surface area contributed by atoms with Crippen molar-refractivity contribution in [1.82, 2.24) is 15.8 Å². The minimum Gasteiger partial charge on any atom is -0.327 e. The van der Waals surface area contributed by atoms with Crippen LogP contribution >= 0.6 is 43.5 Å². The molecule has 3 amide bonds. The maximum absolute atomic E-state index is 13.8. The quantitative estimate of drug-likeness (QED) is 0.187. The smallest absolute Gasteiger partial charge is 0.327 e. The third-order valence-electron chi connectivity index (χ3n) is 4.81. The number of benzene rings is 2. The molecule has 214 valence electrons. The van der Waals surface area contributed by atoms with Gasteiger partial charge in [0.2, 0.25) is 0 Å². The van der Waals surface area contributed by atoms with E-state index in [2.05, 4.69) is 31.9 Å². The van der Waals surface area contributed by atoms with Crippen molar-refractivity contribution >= 4 is 61.5 Å². The lowest BCUT2D eigenvalue weighted by molar-refractivity contribution is -0.139. The predicted molar refractivity (Wildman–Crippen MR) is 131 cm³/mol. The van der Waals surface area contributed by atoms with Crippen molar-refractivity contribution in [3.8, 4) is 0 Å². The number of carbonyl (C=O) groups is 2. The summed E-state index contributed by atoms with van der Waals surface area (Å²) in [6.45, 7) is -1.76. The van der Waals surface area contributed by atoms with Gasteiger partial charge in [-0.2, -0.15) is 39.5 Å². The molecular formula is C22H15Br2ClF9N3O2. The van der Waals surface area contributed by atoms with Gasteiger partial charge in [-0.1, -0.05) is 29.8 Å². The van der Waals surface area contributed by atoms with Crippen molar-refractivity contribution in [3.63, 3.8) is 0 Å². The Morgan fingerprint density at radius 2 is 1.56 bits per heavy atom. The second-order valence-electron chi connectivity index (χ2n) is 7.75. The lowest BCUT2D eigenvalue weighted by Gasteiger charge is -2.21. The molecular weight excluding hydrogens is 705 g/mol. The number of urea groups is 1.